The average molecular weight is 368 g/mol. The third-order valence-electron chi connectivity index (χ3n) is 4.28. The quantitative estimate of drug-likeness (QED) is 0.749. The Bertz CT molecular complexity index is 1270. The number of fused-ring (bicyclic) bond motifs is 1. The van der Waals surface area contributed by atoms with Gasteiger partial charge >= 0.3 is 4.87 Å². The summed E-state index contributed by atoms with van der Waals surface area (Å²) in [6.07, 6.45) is 0. The van der Waals surface area contributed by atoms with Gasteiger partial charge in [-0.25, -0.2) is 13.9 Å². The fourth-order valence-corrected chi connectivity index (χ4v) is 3.94. The number of rotatable bonds is 2. The van der Waals surface area contributed by atoms with Gasteiger partial charge in [0, 0.05) is 5.22 Å². The Kier molecular flexibility index (Phi) is 3.62. The molecule has 0 unspecified atom stereocenters. The van der Waals surface area contributed by atoms with Crippen LogP contribution in [0.1, 0.15) is 16.0 Å². The molecule has 1 aliphatic rings. The van der Waals surface area contributed by atoms with Crippen molar-refractivity contribution in [1.29, 1.82) is 0 Å². The lowest BCUT2D eigenvalue weighted by molar-refractivity contribution is -0.112. The summed E-state index contributed by atoms with van der Waals surface area (Å²) in [4.78, 5) is 28.4. The minimum Gasteiger partial charge on any atom is -0.493 e. The van der Waals surface area contributed by atoms with E-state index in [1.807, 2.05) is 26.0 Å². The van der Waals surface area contributed by atoms with E-state index < -0.39 is 16.6 Å². The van der Waals surface area contributed by atoms with Crippen LogP contribution in [0.5, 0.6) is 5.88 Å². The van der Waals surface area contributed by atoms with Gasteiger partial charge in [-0.3, -0.25) is 9.59 Å². The number of aromatic nitrogens is 1. The highest BCUT2D eigenvalue weighted by atomic mass is 32.1. The second-order valence-electron chi connectivity index (χ2n) is 6.10. The number of amides is 1. The standard InChI is InChI=1S/C19H13FN2O3S/c1-9-3-4-10(2)14(7-9)22-18(24)16(26-19(22)25)15-12-8-11(20)5-6-13(12)21-17(15)23/h3-8,24H,1-2H3. The van der Waals surface area contributed by atoms with E-state index in [-0.39, 0.29) is 21.5 Å². The molecule has 7 heteroatoms. The smallest absolute Gasteiger partial charge is 0.315 e. The maximum absolute atomic E-state index is 13.6. The number of hydrogen-bond acceptors (Lipinski definition) is 4. The zero-order valence-electron chi connectivity index (χ0n) is 13.9. The third kappa shape index (κ3) is 2.40. The first-order chi connectivity index (χ1) is 12.4. The fraction of sp³-hybridized carbons (Fsp3) is 0.105. The summed E-state index contributed by atoms with van der Waals surface area (Å²) in [5, 5.41) is 11.3. The van der Waals surface area contributed by atoms with Crippen molar-refractivity contribution >= 4 is 22.8 Å². The summed E-state index contributed by atoms with van der Waals surface area (Å²) >= 11 is 0.738. The highest BCUT2D eigenvalue weighted by Crippen LogP contribution is 2.31. The topological polar surface area (TPSA) is 71.7 Å². The summed E-state index contributed by atoms with van der Waals surface area (Å²) in [5.74, 6) is -1.47. The number of thiazole rings is 1. The molecule has 130 valence electrons. The lowest BCUT2D eigenvalue weighted by atomic mass is 10.1. The molecule has 0 atom stereocenters. The van der Waals surface area contributed by atoms with Gasteiger partial charge in [-0.05, 0) is 49.2 Å². The molecule has 0 aliphatic carbocycles. The first-order valence-electron chi connectivity index (χ1n) is 7.82. The van der Waals surface area contributed by atoms with E-state index in [0.29, 0.717) is 11.0 Å². The largest absolute Gasteiger partial charge is 0.493 e. The van der Waals surface area contributed by atoms with Gasteiger partial charge in [0.05, 0.1) is 16.6 Å². The molecular formula is C19H13FN2O3S. The van der Waals surface area contributed by atoms with E-state index in [4.69, 9.17) is 0 Å². The molecule has 2 aromatic carbocycles. The van der Waals surface area contributed by atoms with Gasteiger partial charge < -0.3 is 5.11 Å². The van der Waals surface area contributed by atoms with E-state index in [1.54, 1.807) is 6.07 Å². The summed E-state index contributed by atoms with van der Waals surface area (Å²) in [7, 11) is 0. The molecule has 0 spiro atoms. The maximum atomic E-state index is 13.6. The summed E-state index contributed by atoms with van der Waals surface area (Å²) < 4.78 is 14.8. The SMILES string of the molecule is Cc1ccc(C)c(-n2c(O)c(C3=c4cc(F)ccc4=NC3=O)sc2=O)c1. The minimum atomic E-state index is -0.602. The Labute approximate surface area is 151 Å². The molecule has 1 aliphatic heterocycles. The Hall–Kier alpha value is -3.06. The summed E-state index contributed by atoms with van der Waals surface area (Å²) in [6, 6.07) is 9.33. The number of halogens is 1. The van der Waals surface area contributed by atoms with Crippen LogP contribution in [0.4, 0.5) is 4.39 Å². The molecule has 1 N–H and O–H groups in total. The number of benzene rings is 2. The van der Waals surface area contributed by atoms with Crippen molar-refractivity contribution in [2.75, 3.05) is 0 Å². The van der Waals surface area contributed by atoms with Crippen LogP contribution in [0.25, 0.3) is 11.3 Å². The minimum absolute atomic E-state index is 0.0446. The van der Waals surface area contributed by atoms with Gasteiger partial charge in [0.1, 0.15) is 10.7 Å². The van der Waals surface area contributed by atoms with Gasteiger partial charge in [-0.15, -0.1) is 0 Å². The van der Waals surface area contributed by atoms with Crippen molar-refractivity contribution in [1.82, 2.24) is 4.57 Å². The molecule has 1 amide bonds. The molecule has 26 heavy (non-hydrogen) atoms. The van der Waals surface area contributed by atoms with Crippen LogP contribution < -0.4 is 15.4 Å². The predicted octanol–water partition coefficient (Wildman–Crippen LogP) is 1.72. The van der Waals surface area contributed by atoms with Crippen LogP contribution in [0, 0.1) is 19.7 Å². The molecular weight excluding hydrogens is 355 g/mol. The van der Waals surface area contributed by atoms with Crippen LogP contribution in [0.2, 0.25) is 0 Å². The van der Waals surface area contributed by atoms with Crippen LogP contribution in [0.3, 0.4) is 0 Å². The molecule has 0 bridgehead atoms. The zero-order chi connectivity index (χ0) is 18.6. The summed E-state index contributed by atoms with van der Waals surface area (Å²) in [5.41, 5.74) is 2.31. The monoisotopic (exact) mass is 368 g/mol. The molecule has 1 aromatic heterocycles. The lowest BCUT2D eigenvalue weighted by Crippen LogP contribution is -2.23. The van der Waals surface area contributed by atoms with Gasteiger partial charge in [0.2, 0.25) is 5.88 Å². The van der Waals surface area contributed by atoms with E-state index in [9.17, 15) is 19.1 Å². The zero-order valence-corrected chi connectivity index (χ0v) is 14.7. The molecule has 0 saturated heterocycles. The Morgan fingerprint density at radius 2 is 1.88 bits per heavy atom. The first kappa shape index (κ1) is 16.4. The fourth-order valence-electron chi connectivity index (χ4n) is 3.01. The normalized spacial score (nSPS) is 13.0. The predicted molar refractivity (Wildman–Crippen MR) is 95.8 cm³/mol. The number of hydrogen-bond donors (Lipinski definition) is 1. The lowest BCUT2D eigenvalue weighted by Gasteiger charge is -2.09. The summed E-state index contributed by atoms with van der Waals surface area (Å²) in [6.45, 7) is 3.71. The average Bonchev–Trinajstić information content (AvgIpc) is 3.05. The van der Waals surface area contributed by atoms with Gasteiger partial charge in [-0.1, -0.05) is 23.5 Å². The molecule has 0 fully saturated rings. The van der Waals surface area contributed by atoms with E-state index in [2.05, 4.69) is 4.99 Å². The number of aromatic hydroxyl groups is 1. The van der Waals surface area contributed by atoms with Crippen molar-refractivity contribution < 1.29 is 14.3 Å². The van der Waals surface area contributed by atoms with Crippen LogP contribution in [-0.2, 0) is 4.79 Å². The molecule has 3 aromatic rings. The number of aryl methyl sites for hydroxylation is 2. The Morgan fingerprint density at radius 1 is 1.12 bits per heavy atom. The van der Waals surface area contributed by atoms with Crippen molar-refractivity contribution in [3.63, 3.8) is 0 Å². The second-order valence-corrected chi connectivity index (χ2v) is 7.06. The van der Waals surface area contributed by atoms with Gasteiger partial charge in [-0.2, -0.15) is 0 Å². The van der Waals surface area contributed by atoms with Crippen molar-refractivity contribution in [3.05, 3.63) is 78.5 Å². The Morgan fingerprint density at radius 3 is 2.65 bits per heavy atom. The van der Waals surface area contributed by atoms with Crippen LogP contribution in [-0.4, -0.2) is 15.6 Å². The first-order valence-corrected chi connectivity index (χ1v) is 8.64. The highest BCUT2D eigenvalue weighted by molar-refractivity contribution is 7.11. The molecule has 2 heterocycles. The van der Waals surface area contributed by atoms with Gasteiger partial charge in [0.15, 0.2) is 0 Å². The molecule has 4 rings (SSSR count). The number of nitrogens with zero attached hydrogens (tertiary/aromatic N) is 2. The second kappa shape index (κ2) is 5.74. The van der Waals surface area contributed by atoms with E-state index in [1.165, 1.54) is 22.8 Å². The Balaban J connectivity index is 2.04. The van der Waals surface area contributed by atoms with E-state index >= 15 is 0 Å². The number of carbonyl (C=O) groups excluding carboxylic acids is 1. The van der Waals surface area contributed by atoms with Gasteiger partial charge in [0.25, 0.3) is 5.91 Å². The van der Waals surface area contributed by atoms with Crippen LogP contribution in [0.15, 0.2) is 46.2 Å². The van der Waals surface area contributed by atoms with Crippen molar-refractivity contribution in [2.45, 2.75) is 13.8 Å². The molecule has 5 nitrogen and oxygen atoms in total. The van der Waals surface area contributed by atoms with Crippen molar-refractivity contribution in [3.8, 4) is 11.6 Å². The molecule has 0 saturated carbocycles. The maximum Gasteiger partial charge on any atom is 0.315 e. The molecule has 0 radical (unpaired) electrons. The van der Waals surface area contributed by atoms with E-state index in [0.717, 1.165) is 22.5 Å². The third-order valence-corrected chi connectivity index (χ3v) is 5.23. The number of carbonyl (C=O) groups is 1. The highest BCUT2D eigenvalue weighted by Gasteiger charge is 2.27. The van der Waals surface area contributed by atoms with Crippen LogP contribution >= 0.6 is 11.3 Å². The van der Waals surface area contributed by atoms with Crippen molar-refractivity contribution in [2.24, 2.45) is 4.99 Å².